The van der Waals surface area contributed by atoms with Crippen molar-refractivity contribution in [2.24, 2.45) is 16.8 Å². The number of hydrogen-bond acceptors (Lipinski definition) is 1. The van der Waals surface area contributed by atoms with Crippen molar-refractivity contribution in [3.8, 4) is 0 Å². The molecule has 15 heavy (non-hydrogen) atoms. The monoisotopic (exact) mass is 247 g/mol. The largest absolute Gasteiger partial charge is 0.294 e. The summed E-state index contributed by atoms with van der Waals surface area (Å²) >= 11 is 0. The van der Waals surface area contributed by atoms with Gasteiger partial charge in [-0.25, -0.2) is 0 Å². The Bertz CT molecular complexity index is 163. The maximum Gasteiger partial charge on any atom is 0.0781 e. The van der Waals surface area contributed by atoms with E-state index in [4.69, 9.17) is 0 Å². The van der Waals surface area contributed by atoms with Gasteiger partial charge in [0.05, 0.1) is 28.0 Å². The average molecular weight is 247 g/mol. The summed E-state index contributed by atoms with van der Waals surface area (Å²) in [7, 11) is 4.90. The standard InChI is InChI=1S/C10H24B3N.Fe/c1-8(2)7-14-10(9(3)4)5-6-12-13-11;/h7-10,12-13H,5-6,11H2,1-4H3;. The maximum atomic E-state index is 4.67. The van der Waals surface area contributed by atoms with E-state index in [0.29, 0.717) is 17.9 Å². The molecule has 0 heterocycles. The molecule has 0 aromatic carbocycles. The molecule has 0 N–H and O–H groups in total. The minimum atomic E-state index is 0. The third-order valence-electron chi connectivity index (χ3n) is 2.45. The van der Waals surface area contributed by atoms with Gasteiger partial charge in [0.25, 0.3) is 0 Å². The van der Waals surface area contributed by atoms with Crippen LogP contribution in [-0.2, 0) is 17.1 Å². The second-order valence-electron chi connectivity index (χ2n) is 4.85. The van der Waals surface area contributed by atoms with Gasteiger partial charge in [0.1, 0.15) is 0 Å². The maximum absolute atomic E-state index is 4.67. The Morgan fingerprint density at radius 1 is 1.27 bits per heavy atom. The summed E-state index contributed by atoms with van der Waals surface area (Å²) in [4.78, 5) is 4.67. The molecule has 0 saturated carbocycles. The topological polar surface area (TPSA) is 12.4 Å². The van der Waals surface area contributed by atoms with Crippen molar-refractivity contribution in [2.75, 3.05) is 0 Å². The molecular weight excluding hydrogens is 222 g/mol. The van der Waals surface area contributed by atoms with E-state index in [1.807, 2.05) is 0 Å². The van der Waals surface area contributed by atoms with Crippen molar-refractivity contribution in [2.45, 2.75) is 46.5 Å². The zero-order valence-electron chi connectivity index (χ0n) is 10.9. The summed E-state index contributed by atoms with van der Waals surface area (Å²) in [6.07, 6.45) is 4.69. The van der Waals surface area contributed by atoms with Gasteiger partial charge in [0.15, 0.2) is 0 Å². The van der Waals surface area contributed by atoms with Gasteiger partial charge in [0, 0.05) is 23.3 Å². The summed E-state index contributed by atoms with van der Waals surface area (Å²) in [5.41, 5.74) is 0. The fourth-order valence-electron chi connectivity index (χ4n) is 1.47. The van der Waals surface area contributed by atoms with E-state index in [2.05, 4.69) is 46.6 Å². The van der Waals surface area contributed by atoms with Crippen LogP contribution in [0, 0.1) is 11.8 Å². The van der Waals surface area contributed by atoms with Crippen LogP contribution in [-0.4, -0.2) is 34.2 Å². The molecule has 0 spiro atoms. The zero-order valence-corrected chi connectivity index (χ0v) is 12.0. The summed E-state index contributed by atoms with van der Waals surface area (Å²) in [6.45, 7) is 8.92. The van der Waals surface area contributed by atoms with E-state index in [-0.39, 0.29) is 17.1 Å². The van der Waals surface area contributed by atoms with Crippen LogP contribution in [0.25, 0.3) is 0 Å². The molecule has 0 rings (SSSR count). The molecule has 0 bridgehead atoms. The predicted octanol–water partition coefficient (Wildman–Crippen LogP) is 0.880. The Morgan fingerprint density at radius 2 is 1.87 bits per heavy atom. The molecule has 0 aliphatic heterocycles. The molecule has 0 radical (unpaired) electrons. The first-order chi connectivity index (χ1) is 6.57. The molecule has 0 aromatic rings. The van der Waals surface area contributed by atoms with E-state index >= 15 is 0 Å². The third-order valence-corrected chi connectivity index (χ3v) is 2.45. The van der Waals surface area contributed by atoms with Crippen molar-refractivity contribution >= 4 is 28.2 Å². The Balaban J connectivity index is 0. The molecular formula is C10H24B3FeN. The van der Waals surface area contributed by atoms with Crippen molar-refractivity contribution in [1.82, 2.24) is 0 Å². The molecule has 0 aliphatic rings. The van der Waals surface area contributed by atoms with Crippen LogP contribution >= 0.6 is 0 Å². The third kappa shape index (κ3) is 10.7. The fraction of sp³-hybridized carbons (Fsp3) is 0.900. The van der Waals surface area contributed by atoms with Gasteiger partial charge in [-0.1, -0.05) is 34.0 Å². The number of rotatable bonds is 7. The van der Waals surface area contributed by atoms with Gasteiger partial charge >= 0.3 is 0 Å². The molecule has 1 nitrogen and oxygen atoms in total. The van der Waals surface area contributed by atoms with Crippen LogP contribution in [0.15, 0.2) is 4.99 Å². The Kier molecular flexibility index (Phi) is 12.9. The Morgan fingerprint density at radius 3 is 2.27 bits per heavy atom. The summed E-state index contributed by atoms with van der Waals surface area (Å²) < 4.78 is 0. The molecule has 0 fully saturated rings. The second kappa shape index (κ2) is 10.9. The van der Waals surface area contributed by atoms with Gasteiger partial charge in [0.2, 0.25) is 0 Å². The number of nitrogens with zero attached hydrogens (tertiary/aromatic N) is 1. The molecule has 0 saturated heterocycles. The van der Waals surface area contributed by atoms with Crippen LogP contribution < -0.4 is 0 Å². The summed E-state index contributed by atoms with van der Waals surface area (Å²) in [5.74, 6) is 1.27. The number of hydrogen-bond donors (Lipinski definition) is 0. The van der Waals surface area contributed by atoms with Gasteiger partial charge in [-0.15, -0.1) is 0 Å². The zero-order chi connectivity index (χ0) is 11.0. The van der Waals surface area contributed by atoms with Crippen LogP contribution in [0.4, 0.5) is 0 Å². The molecule has 0 amide bonds. The van der Waals surface area contributed by atoms with Gasteiger partial charge in [-0.3, -0.25) is 4.99 Å². The summed E-state index contributed by atoms with van der Waals surface area (Å²) in [6, 6.07) is 0.545. The minimum Gasteiger partial charge on any atom is -0.294 e. The second-order valence-corrected chi connectivity index (χ2v) is 4.85. The molecule has 5 heteroatoms. The molecule has 1 unspecified atom stereocenters. The van der Waals surface area contributed by atoms with Gasteiger partial charge < -0.3 is 0 Å². The van der Waals surface area contributed by atoms with Crippen LogP contribution in [0.5, 0.6) is 0 Å². The van der Waals surface area contributed by atoms with Gasteiger partial charge in [-0.2, -0.15) is 0 Å². The van der Waals surface area contributed by atoms with E-state index < -0.39 is 0 Å². The van der Waals surface area contributed by atoms with Crippen LogP contribution in [0.3, 0.4) is 0 Å². The van der Waals surface area contributed by atoms with Crippen molar-refractivity contribution < 1.29 is 17.1 Å². The normalized spacial score (nSPS) is 12.9. The first kappa shape index (κ1) is 17.8. The predicted molar refractivity (Wildman–Crippen MR) is 74.2 cm³/mol. The van der Waals surface area contributed by atoms with E-state index in [1.165, 1.54) is 27.0 Å². The number of aliphatic imine (C=N–C) groups is 1. The first-order valence-electron chi connectivity index (χ1n) is 6.11. The van der Waals surface area contributed by atoms with E-state index in [9.17, 15) is 0 Å². The SMILES string of the molecule is BBBCCC(N=CC(C)C)C(C)C.[Fe]. The summed E-state index contributed by atoms with van der Waals surface area (Å²) in [5, 5.41) is 0. The van der Waals surface area contributed by atoms with Gasteiger partial charge in [-0.05, 0) is 18.3 Å². The first-order valence-corrected chi connectivity index (χ1v) is 6.11. The molecule has 0 aliphatic carbocycles. The van der Waals surface area contributed by atoms with Crippen molar-refractivity contribution in [3.05, 3.63) is 0 Å². The molecule has 86 valence electrons. The fourth-order valence-corrected chi connectivity index (χ4v) is 1.47. The Hall–Kier alpha value is 0.384. The van der Waals surface area contributed by atoms with Crippen LogP contribution in [0.2, 0.25) is 6.32 Å². The molecule has 0 aromatic heterocycles. The van der Waals surface area contributed by atoms with Crippen LogP contribution in [0.1, 0.15) is 34.1 Å². The quantitative estimate of drug-likeness (QED) is 0.359. The Labute approximate surface area is 109 Å². The average Bonchev–Trinajstić information content (AvgIpc) is 2.10. The minimum absolute atomic E-state index is 0. The smallest absolute Gasteiger partial charge is 0.0781 e. The van der Waals surface area contributed by atoms with E-state index in [0.717, 1.165) is 0 Å². The van der Waals surface area contributed by atoms with Crippen molar-refractivity contribution in [1.29, 1.82) is 0 Å². The molecule has 1 atom stereocenters. The van der Waals surface area contributed by atoms with Crippen molar-refractivity contribution in [3.63, 3.8) is 0 Å². The van der Waals surface area contributed by atoms with E-state index in [1.54, 1.807) is 0 Å².